The quantitative estimate of drug-likeness (QED) is 0.353. The Kier molecular flexibility index (Phi) is 6.55. The third-order valence-electron chi connectivity index (χ3n) is 9.34. The molecule has 1 saturated heterocycles. The van der Waals surface area contributed by atoms with E-state index < -0.39 is 11.9 Å². The summed E-state index contributed by atoms with van der Waals surface area (Å²) in [7, 11) is 0. The molecule has 1 aliphatic heterocycles. The molecule has 2 aromatic rings. The molecular formula is C29H39N5O3. The number of hydrogen-bond donors (Lipinski definition) is 3. The van der Waals surface area contributed by atoms with E-state index in [4.69, 9.17) is 0 Å². The Hall–Kier alpha value is -2.74. The van der Waals surface area contributed by atoms with Gasteiger partial charge in [0.1, 0.15) is 11.9 Å². The highest BCUT2D eigenvalue weighted by Crippen LogP contribution is 2.55. The molecule has 4 aliphatic carbocycles. The van der Waals surface area contributed by atoms with Crippen molar-refractivity contribution in [2.45, 2.75) is 89.1 Å². The number of carbonyl (C=O) groups is 2. The molecule has 5 aliphatic rings. The summed E-state index contributed by atoms with van der Waals surface area (Å²) in [6, 6.07) is 4.93. The summed E-state index contributed by atoms with van der Waals surface area (Å²) < 4.78 is 1.45. The van der Waals surface area contributed by atoms with E-state index >= 15 is 0 Å². The zero-order valence-corrected chi connectivity index (χ0v) is 21.9. The molecule has 2 heterocycles. The number of benzene rings is 1. The van der Waals surface area contributed by atoms with Gasteiger partial charge < -0.3 is 10.6 Å². The van der Waals surface area contributed by atoms with Crippen LogP contribution in [0.15, 0.2) is 23.0 Å². The van der Waals surface area contributed by atoms with Crippen LogP contribution in [0, 0.1) is 24.7 Å². The molecule has 1 atom stereocenters. The smallest absolute Gasteiger partial charge is 0.264 e. The number of aromatic nitrogens is 2. The van der Waals surface area contributed by atoms with Crippen LogP contribution in [0.2, 0.25) is 0 Å². The molecule has 4 saturated carbocycles. The molecule has 3 N–H and O–H groups in total. The third-order valence-corrected chi connectivity index (χ3v) is 9.34. The van der Waals surface area contributed by atoms with Gasteiger partial charge in [-0.3, -0.25) is 24.3 Å². The third kappa shape index (κ3) is 4.80. The van der Waals surface area contributed by atoms with E-state index in [1.54, 1.807) is 6.92 Å². The normalized spacial score (nSPS) is 30.6. The Morgan fingerprint density at radius 2 is 1.70 bits per heavy atom. The molecule has 4 bridgehead atoms. The van der Waals surface area contributed by atoms with Crippen molar-refractivity contribution in [3.63, 3.8) is 0 Å². The Bertz CT molecular complexity index is 1230. The minimum atomic E-state index is -0.711. The maximum absolute atomic E-state index is 13.5. The van der Waals surface area contributed by atoms with Crippen LogP contribution in [-0.2, 0) is 9.59 Å². The average molecular weight is 506 g/mol. The van der Waals surface area contributed by atoms with Gasteiger partial charge in [0, 0.05) is 24.2 Å². The first-order valence-electron chi connectivity index (χ1n) is 14.3. The number of nitrogens with zero attached hydrogens (tertiary/aromatic N) is 2. The number of unbranched alkanes of at least 4 members (excludes halogenated alkanes) is 2. The highest BCUT2D eigenvalue weighted by atomic mass is 16.2. The van der Waals surface area contributed by atoms with E-state index in [0.29, 0.717) is 28.7 Å². The Morgan fingerprint density at radius 1 is 1.00 bits per heavy atom. The van der Waals surface area contributed by atoms with Crippen LogP contribution >= 0.6 is 0 Å². The van der Waals surface area contributed by atoms with Crippen molar-refractivity contribution in [2.75, 3.05) is 18.4 Å². The summed E-state index contributed by atoms with van der Waals surface area (Å²) in [6.07, 6.45) is 12.5. The minimum Gasteiger partial charge on any atom is -0.384 e. The average Bonchev–Trinajstić information content (AvgIpc) is 2.83. The van der Waals surface area contributed by atoms with Crippen molar-refractivity contribution in [1.82, 2.24) is 20.2 Å². The second-order valence-electron chi connectivity index (χ2n) is 12.1. The van der Waals surface area contributed by atoms with Crippen LogP contribution in [0.1, 0.15) is 82.5 Å². The van der Waals surface area contributed by atoms with Gasteiger partial charge in [0.15, 0.2) is 0 Å². The highest BCUT2D eigenvalue weighted by Gasteiger charge is 2.50. The molecule has 37 heavy (non-hydrogen) atoms. The number of piperidine rings is 1. The first-order chi connectivity index (χ1) is 17.9. The fourth-order valence-corrected chi connectivity index (χ4v) is 8.13. The molecule has 5 fully saturated rings. The van der Waals surface area contributed by atoms with Gasteiger partial charge in [-0.15, -0.1) is 0 Å². The van der Waals surface area contributed by atoms with Gasteiger partial charge in [-0.25, -0.2) is 4.98 Å². The van der Waals surface area contributed by atoms with E-state index in [2.05, 4.69) is 20.9 Å². The van der Waals surface area contributed by atoms with Crippen molar-refractivity contribution in [2.24, 2.45) is 17.8 Å². The Morgan fingerprint density at radius 3 is 2.41 bits per heavy atom. The van der Waals surface area contributed by atoms with Gasteiger partial charge in [0.2, 0.25) is 11.8 Å². The van der Waals surface area contributed by atoms with E-state index in [1.807, 2.05) is 18.2 Å². The van der Waals surface area contributed by atoms with Crippen molar-refractivity contribution in [1.29, 1.82) is 0 Å². The lowest BCUT2D eigenvalue weighted by atomic mass is 9.53. The lowest BCUT2D eigenvalue weighted by Crippen LogP contribution is -2.58. The van der Waals surface area contributed by atoms with E-state index in [-0.39, 0.29) is 17.9 Å². The fraction of sp³-hybridized carbons (Fsp3) is 0.655. The summed E-state index contributed by atoms with van der Waals surface area (Å²) in [5.41, 5.74) is 1.57. The van der Waals surface area contributed by atoms with Gasteiger partial charge in [0.25, 0.3) is 5.56 Å². The molecule has 7 rings (SSSR count). The Balaban J connectivity index is 1.05. The molecule has 198 valence electrons. The van der Waals surface area contributed by atoms with Gasteiger partial charge in [0.05, 0.1) is 10.9 Å². The highest BCUT2D eigenvalue weighted by molar-refractivity contribution is 5.99. The van der Waals surface area contributed by atoms with E-state index in [0.717, 1.165) is 49.4 Å². The molecule has 0 radical (unpaired) electrons. The lowest BCUT2D eigenvalue weighted by Gasteiger charge is -2.57. The topological polar surface area (TPSA) is 105 Å². The molecule has 8 nitrogen and oxygen atoms in total. The first kappa shape index (κ1) is 24.6. The lowest BCUT2D eigenvalue weighted by molar-refractivity contribution is -0.135. The van der Waals surface area contributed by atoms with Crippen LogP contribution in [0.5, 0.6) is 0 Å². The SMILES string of the molecule is Cc1nc2cccc(NCCCCCNC34CC5CC(CC(C5)C3)C4)c2c(=O)n1C1CCC(=O)NC1=O. The van der Waals surface area contributed by atoms with Crippen molar-refractivity contribution in [3.8, 4) is 0 Å². The number of nitrogens with one attached hydrogen (secondary N) is 3. The second-order valence-corrected chi connectivity index (χ2v) is 12.1. The van der Waals surface area contributed by atoms with Crippen LogP contribution in [0.25, 0.3) is 10.9 Å². The number of fused-ring (bicyclic) bond motifs is 1. The maximum Gasteiger partial charge on any atom is 0.264 e. The second kappa shape index (κ2) is 9.86. The maximum atomic E-state index is 13.5. The minimum absolute atomic E-state index is 0.220. The number of carbonyl (C=O) groups excluding carboxylic acids is 2. The van der Waals surface area contributed by atoms with E-state index in [1.165, 1.54) is 49.5 Å². The molecular weight excluding hydrogens is 466 g/mol. The molecule has 0 spiro atoms. The molecule has 2 amide bonds. The molecule has 1 aromatic carbocycles. The summed E-state index contributed by atoms with van der Waals surface area (Å²) in [6.45, 7) is 3.62. The predicted molar refractivity (Wildman–Crippen MR) is 143 cm³/mol. The first-order valence-corrected chi connectivity index (χ1v) is 14.3. The summed E-state index contributed by atoms with van der Waals surface area (Å²) in [4.78, 5) is 42.2. The fourth-order valence-electron chi connectivity index (χ4n) is 8.13. The monoisotopic (exact) mass is 505 g/mol. The van der Waals surface area contributed by atoms with Crippen LogP contribution in [-0.4, -0.2) is 40.0 Å². The van der Waals surface area contributed by atoms with Gasteiger partial charge in [-0.05, 0) is 101 Å². The number of amides is 2. The van der Waals surface area contributed by atoms with Crippen molar-refractivity contribution >= 4 is 28.4 Å². The number of hydrogen-bond acceptors (Lipinski definition) is 6. The van der Waals surface area contributed by atoms with Gasteiger partial charge in [-0.2, -0.15) is 0 Å². The van der Waals surface area contributed by atoms with E-state index in [9.17, 15) is 14.4 Å². The van der Waals surface area contributed by atoms with Crippen molar-refractivity contribution in [3.05, 3.63) is 34.4 Å². The zero-order valence-electron chi connectivity index (χ0n) is 21.9. The number of aryl methyl sites for hydroxylation is 1. The number of rotatable bonds is 9. The van der Waals surface area contributed by atoms with Gasteiger partial charge >= 0.3 is 0 Å². The Labute approximate surface area is 218 Å². The van der Waals surface area contributed by atoms with Crippen LogP contribution < -0.4 is 21.5 Å². The van der Waals surface area contributed by atoms with Crippen LogP contribution in [0.3, 0.4) is 0 Å². The summed E-state index contributed by atoms with van der Waals surface area (Å²) in [5.74, 6) is 2.67. The van der Waals surface area contributed by atoms with Crippen LogP contribution in [0.4, 0.5) is 5.69 Å². The standard InChI is InChI=1S/C29H39N5O3/c1-18-32-23-7-5-6-22(26(23)28(37)34(18)24-8-9-25(35)33-27(24)36)30-10-3-2-4-11-31-29-15-19-12-20(16-29)14-21(13-19)17-29/h5-7,19-21,24,30-31H,2-4,8-17H2,1H3,(H,33,35,36). The predicted octanol–water partition coefficient (Wildman–Crippen LogP) is 3.82. The molecule has 1 aromatic heterocycles. The molecule has 8 heteroatoms. The number of imide groups is 1. The zero-order chi connectivity index (χ0) is 25.6. The largest absolute Gasteiger partial charge is 0.384 e. The summed E-state index contributed by atoms with van der Waals surface area (Å²) in [5, 5.41) is 10.3. The van der Waals surface area contributed by atoms with Crippen molar-refractivity contribution < 1.29 is 9.59 Å². The van der Waals surface area contributed by atoms with Gasteiger partial charge in [-0.1, -0.05) is 12.5 Å². The number of anilines is 1. The summed E-state index contributed by atoms with van der Waals surface area (Å²) >= 11 is 0. The molecule has 1 unspecified atom stereocenters.